The minimum absolute atomic E-state index is 1.21. The molecule has 104 heavy (non-hydrogen) atoms. The summed E-state index contributed by atoms with van der Waals surface area (Å²) >= 11 is 0. The summed E-state index contributed by atoms with van der Waals surface area (Å²) in [6.07, 6.45) is 4.71. The third-order valence-corrected chi connectivity index (χ3v) is 29.6. The predicted molar refractivity (Wildman–Crippen MR) is 449 cm³/mol. The van der Waals surface area contributed by atoms with Crippen LogP contribution in [0.4, 0.5) is 0 Å². The second-order valence-corrected chi connectivity index (χ2v) is 37.8. The Hall–Kier alpha value is -12.4. The van der Waals surface area contributed by atoms with Crippen molar-refractivity contribution in [3.63, 3.8) is 0 Å². The van der Waals surface area contributed by atoms with Crippen molar-refractivity contribution in [1.82, 2.24) is 9.13 Å². The largest absolute Gasteiger partial charge is 0.316 e. The molecule has 0 unspecified atom stereocenters. The van der Waals surface area contributed by atoms with Gasteiger partial charge >= 0.3 is 0 Å². The lowest BCUT2D eigenvalue weighted by atomic mass is 9.94. The van der Waals surface area contributed by atoms with Gasteiger partial charge < -0.3 is 9.13 Å². The number of hydrogen-bond acceptors (Lipinski definition) is 0. The molecule has 2 nitrogen and oxygen atoms in total. The van der Waals surface area contributed by atoms with Crippen LogP contribution in [0, 0.1) is 0 Å². The number of fused-ring (bicyclic) bond motifs is 10. The van der Waals surface area contributed by atoms with E-state index < -0.39 is 16.1 Å². The lowest BCUT2D eigenvalue weighted by Gasteiger charge is -2.19. The lowest BCUT2D eigenvalue weighted by molar-refractivity contribution is 1.13. The first-order chi connectivity index (χ1) is 51.1. The van der Waals surface area contributed by atoms with Crippen LogP contribution in [0.1, 0.15) is 0 Å². The van der Waals surface area contributed by atoms with E-state index in [1.807, 2.05) is 0 Å². The quantitative estimate of drug-likeness (QED) is 0.121. The van der Waals surface area contributed by atoms with Gasteiger partial charge in [-0.2, -0.15) is 0 Å². The molecule has 2 aliphatic heterocycles. The van der Waals surface area contributed by atoms with Gasteiger partial charge in [0.1, 0.15) is 16.1 Å². The Morgan fingerprint density at radius 3 is 0.875 bits per heavy atom. The smallest absolute Gasteiger partial charge is 0.113 e. The molecule has 0 saturated heterocycles. The summed E-state index contributed by atoms with van der Waals surface area (Å²) in [4.78, 5) is 0. The van der Waals surface area contributed by atoms with Gasteiger partial charge in [0.25, 0.3) is 0 Å². The molecule has 18 aromatic rings. The first-order valence-electron chi connectivity index (χ1n) is 36.3. The molecule has 0 N–H and O–H groups in total. The van der Waals surface area contributed by atoms with Crippen molar-refractivity contribution < 1.29 is 0 Å². The molecular formula is C100H74N2Si2. The second kappa shape index (κ2) is 25.3. The zero-order chi connectivity index (χ0) is 69.6. The van der Waals surface area contributed by atoms with E-state index in [4.69, 9.17) is 0 Å². The van der Waals surface area contributed by atoms with E-state index in [2.05, 4.69) is 412 Å². The fourth-order valence-electron chi connectivity index (χ4n) is 17.0. The van der Waals surface area contributed by atoms with Gasteiger partial charge in [-0.3, -0.25) is 0 Å². The summed E-state index contributed by atoms with van der Waals surface area (Å²) in [5.41, 5.74) is 30.2. The fourth-order valence-corrected chi connectivity index (χ4v) is 23.2. The van der Waals surface area contributed by atoms with Crippen molar-refractivity contribution in [2.24, 2.45) is 0 Å². The molecule has 4 heterocycles. The average Bonchev–Trinajstić information content (AvgIpc) is 1.58. The van der Waals surface area contributed by atoms with Gasteiger partial charge in [-0.15, -0.1) is 0 Å². The van der Waals surface area contributed by atoms with Crippen LogP contribution < -0.4 is 20.7 Å². The molecule has 16 aromatic carbocycles. The summed E-state index contributed by atoms with van der Waals surface area (Å²) in [5.74, 6) is 0. The molecule has 0 atom stereocenters. The molecule has 0 amide bonds. The SMILES string of the molecule is C[Si]1(C)c2ccccc2-c2ccc(-n3cc(-c4ccc(-c5cccc6ccccc56)cc4)c4cc(-c5ccc(-c6cccc7ccccc67)cc5)ccc43)cc21.C[Si]1(C)c2ccccc2-c2ccc(-n3cc(-c4ccc(-c5ccccc5)cc4)c4cc(-c5ccc(-c6ccccc6)cc5)ccc43)cc21. The van der Waals surface area contributed by atoms with Gasteiger partial charge in [0.05, 0.1) is 11.0 Å². The first kappa shape index (κ1) is 62.6. The van der Waals surface area contributed by atoms with E-state index in [1.54, 1.807) is 0 Å². The summed E-state index contributed by atoms with van der Waals surface area (Å²) in [5, 5.41) is 13.7. The number of benzene rings is 16. The highest BCUT2D eigenvalue weighted by Gasteiger charge is 2.39. The van der Waals surface area contributed by atoms with Crippen molar-refractivity contribution in [2.75, 3.05) is 0 Å². The number of nitrogens with zero attached hydrogens (tertiary/aromatic N) is 2. The van der Waals surface area contributed by atoms with E-state index in [1.165, 1.54) is 187 Å². The van der Waals surface area contributed by atoms with Crippen molar-refractivity contribution in [2.45, 2.75) is 26.2 Å². The Balaban J connectivity index is 0.000000145. The maximum absolute atomic E-state index is 2.50. The molecule has 2 aromatic heterocycles. The van der Waals surface area contributed by atoms with Gasteiger partial charge in [0, 0.05) is 45.7 Å². The molecule has 0 bridgehead atoms. The lowest BCUT2D eigenvalue weighted by Crippen LogP contribution is -2.49. The Kier molecular flexibility index (Phi) is 15.2. The van der Waals surface area contributed by atoms with Gasteiger partial charge in [-0.1, -0.05) is 342 Å². The number of rotatable bonds is 10. The highest BCUT2D eigenvalue weighted by molar-refractivity contribution is 7.04. The molecule has 0 spiro atoms. The van der Waals surface area contributed by atoms with Crippen LogP contribution in [0.5, 0.6) is 0 Å². The molecule has 2 aliphatic rings. The number of hydrogen-bond donors (Lipinski definition) is 0. The number of aromatic nitrogens is 2. The molecule has 0 saturated carbocycles. The summed E-state index contributed by atoms with van der Waals surface area (Å²) in [6.45, 7) is 9.97. The highest BCUT2D eigenvalue weighted by atomic mass is 28.3. The molecule has 0 fully saturated rings. The predicted octanol–water partition coefficient (Wildman–Crippen LogP) is 24.5. The van der Waals surface area contributed by atoms with Crippen LogP contribution in [0.15, 0.2) is 376 Å². The van der Waals surface area contributed by atoms with E-state index in [0.29, 0.717) is 0 Å². The molecule has 0 radical (unpaired) electrons. The molecule has 492 valence electrons. The van der Waals surface area contributed by atoms with Gasteiger partial charge in [-0.05, 0) is 191 Å². The van der Waals surface area contributed by atoms with E-state index in [9.17, 15) is 0 Å². The second-order valence-electron chi connectivity index (χ2n) is 29.2. The van der Waals surface area contributed by atoms with Crippen LogP contribution in [-0.4, -0.2) is 25.3 Å². The third-order valence-electron chi connectivity index (χ3n) is 22.5. The topological polar surface area (TPSA) is 9.86 Å². The Morgan fingerprint density at radius 2 is 0.471 bits per heavy atom. The molecule has 4 heteroatoms. The normalized spacial score (nSPS) is 13.0. The molecule has 0 aliphatic carbocycles. The Bertz CT molecular complexity index is 6350. The maximum Gasteiger partial charge on any atom is 0.113 e. The minimum atomic E-state index is -1.84. The van der Waals surface area contributed by atoms with Crippen LogP contribution in [0.25, 0.3) is 166 Å². The van der Waals surface area contributed by atoms with Gasteiger partial charge in [0.2, 0.25) is 0 Å². The van der Waals surface area contributed by atoms with Crippen molar-refractivity contribution >= 4 is 80.2 Å². The van der Waals surface area contributed by atoms with E-state index >= 15 is 0 Å². The Labute approximate surface area is 610 Å². The van der Waals surface area contributed by atoms with E-state index in [-0.39, 0.29) is 0 Å². The molecular weight excluding hydrogens is 1290 g/mol. The van der Waals surface area contributed by atoms with Crippen molar-refractivity contribution in [1.29, 1.82) is 0 Å². The minimum Gasteiger partial charge on any atom is -0.316 e. The average molecular weight is 1360 g/mol. The zero-order valence-electron chi connectivity index (χ0n) is 58.7. The zero-order valence-corrected chi connectivity index (χ0v) is 60.7. The summed E-state index contributed by atoms with van der Waals surface area (Å²) < 4.78 is 4.83. The standard InChI is InChI=1S/C54H39NSi.C46H35NSi/c1-56(2)53-20-8-7-17-48(53)49-31-30-43(34-54(49)56)55-35-51(41-27-25-40(26-28-41)47-19-10-14-38-12-4-6-16-45(38)47)50-33-42(29-32-52(50)55)36-21-23-39(24-22-36)46-18-9-13-37-11-3-5-15-44(37)46;1-48(2)45-16-10-9-15-40(45)41-27-26-39(30-46(41)48)47-31-43(37-23-21-35(22-24-37)33-13-7-4-8-14-33)42-29-38(25-28-44(42)47)36-19-17-34(18-20-36)32-11-5-3-6-12-32/h3-35H,1-2H3;3-31H,1-2H3. The van der Waals surface area contributed by atoms with Crippen LogP contribution in [-0.2, 0) is 0 Å². The van der Waals surface area contributed by atoms with Crippen molar-refractivity contribution in [3.8, 4) is 123 Å². The highest BCUT2D eigenvalue weighted by Crippen LogP contribution is 2.42. The monoisotopic (exact) mass is 1360 g/mol. The maximum atomic E-state index is 2.50. The molecule has 20 rings (SSSR count). The van der Waals surface area contributed by atoms with Crippen molar-refractivity contribution in [3.05, 3.63) is 376 Å². The van der Waals surface area contributed by atoms with E-state index in [0.717, 1.165) is 0 Å². The van der Waals surface area contributed by atoms with Gasteiger partial charge in [0.15, 0.2) is 0 Å². The van der Waals surface area contributed by atoms with Crippen LogP contribution >= 0.6 is 0 Å². The van der Waals surface area contributed by atoms with Crippen LogP contribution in [0.2, 0.25) is 26.2 Å². The third kappa shape index (κ3) is 10.8. The Morgan fingerprint density at radius 1 is 0.183 bits per heavy atom. The fraction of sp³-hybridized carbons (Fsp3) is 0.0400. The van der Waals surface area contributed by atoms with Crippen LogP contribution in [0.3, 0.4) is 0 Å². The van der Waals surface area contributed by atoms with Gasteiger partial charge in [-0.25, -0.2) is 0 Å². The summed E-state index contributed by atoms with van der Waals surface area (Å²) in [7, 11) is -3.64. The summed E-state index contributed by atoms with van der Waals surface area (Å²) in [6, 6.07) is 134. The first-order valence-corrected chi connectivity index (χ1v) is 42.3.